The van der Waals surface area contributed by atoms with Crippen LogP contribution in [0.3, 0.4) is 0 Å². The van der Waals surface area contributed by atoms with Crippen LogP contribution in [0.15, 0.2) is 36.4 Å². The fraction of sp³-hybridized carbons (Fsp3) is 0.211. The van der Waals surface area contributed by atoms with Crippen LogP contribution in [0.2, 0.25) is 5.02 Å². The van der Waals surface area contributed by atoms with Crippen LogP contribution < -0.4 is 4.74 Å². The van der Waals surface area contributed by atoms with Crippen LogP contribution in [0.1, 0.15) is 28.7 Å². The Hall–Kier alpha value is -2.15. The third kappa shape index (κ3) is 3.08. The molecule has 0 unspecified atom stereocenters. The van der Waals surface area contributed by atoms with Crippen LogP contribution >= 0.6 is 23.2 Å². The van der Waals surface area contributed by atoms with Gasteiger partial charge in [-0.15, -0.1) is 11.6 Å². The third-order valence-electron chi connectivity index (χ3n) is 3.99. The van der Waals surface area contributed by atoms with E-state index in [1.807, 2.05) is 18.2 Å². The lowest BCUT2D eigenvalue weighted by Gasteiger charge is -2.22. The average Bonchev–Trinajstić information content (AvgIpc) is 2.60. The Kier molecular flexibility index (Phi) is 4.99. The summed E-state index contributed by atoms with van der Waals surface area (Å²) in [5.41, 5.74) is 4.34. The summed E-state index contributed by atoms with van der Waals surface area (Å²) in [5.74, 6) is 0.957. The predicted molar refractivity (Wildman–Crippen MR) is 95.9 cm³/mol. The fourth-order valence-electron chi connectivity index (χ4n) is 2.96. The molecule has 0 saturated heterocycles. The van der Waals surface area contributed by atoms with Gasteiger partial charge in [0.05, 0.1) is 16.5 Å². The van der Waals surface area contributed by atoms with E-state index in [2.05, 4.69) is 12.1 Å². The average molecular weight is 360 g/mol. The Morgan fingerprint density at radius 3 is 2.67 bits per heavy atom. The van der Waals surface area contributed by atoms with E-state index in [9.17, 15) is 10.4 Å². The lowest BCUT2D eigenvalue weighted by atomic mass is 9.84. The summed E-state index contributed by atoms with van der Waals surface area (Å²) < 4.78 is 5.59. The lowest BCUT2D eigenvalue weighted by Crippen LogP contribution is -2.08. The van der Waals surface area contributed by atoms with Crippen LogP contribution in [-0.4, -0.2) is 17.6 Å². The summed E-state index contributed by atoms with van der Waals surface area (Å²) in [6.07, 6.45) is 3.72. The highest BCUT2D eigenvalue weighted by molar-refractivity contribution is 6.32. The second-order valence-corrected chi connectivity index (χ2v) is 6.23. The molecular weight excluding hydrogens is 345 g/mol. The van der Waals surface area contributed by atoms with Gasteiger partial charge in [-0.2, -0.15) is 5.26 Å². The van der Waals surface area contributed by atoms with Crippen molar-refractivity contribution < 1.29 is 9.84 Å². The minimum absolute atomic E-state index is 0.218. The van der Waals surface area contributed by atoms with Crippen molar-refractivity contribution in [3.8, 4) is 17.6 Å². The van der Waals surface area contributed by atoms with E-state index in [1.165, 1.54) is 0 Å². The summed E-state index contributed by atoms with van der Waals surface area (Å²) in [5, 5.41) is 19.5. The van der Waals surface area contributed by atoms with Crippen LogP contribution in [0.25, 0.3) is 5.57 Å². The van der Waals surface area contributed by atoms with Crippen LogP contribution in [-0.2, 0) is 6.42 Å². The zero-order valence-electron chi connectivity index (χ0n) is 12.9. The predicted octanol–water partition coefficient (Wildman–Crippen LogP) is 4.91. The number of benzene rings is 2. The van der Waals surface area contributed by atoms with E-state index < -0.39 is 0 Å². The first-order valence-electron chi connectivity index (χ1n) is 7.60. The van der Waals surface area contributed by atoms with Crippen LogP contribution in [0.5, 0.6) is 11.5 Å². The molecular formula is C19H15Cl2NO2. The number of hydrogen-bond acceptors (Lipinski definition) is 3. The van der Waals surface area contributed by atoms with Crippen molar-refractivity contribution in [1.29, 1.82) is 5.26 Å². The number of fused-ring (bicyclic) bond motifs is 1. The Morgan fingerprint density at radius 1 is 1.25 bits per heavy atom. The Labute approximate surface area is 150 Å². The number of alkyl halides is 1. The Balaban J connectivity index is 2.13. The summed E-state index contributed by atoms with van der Waals surface area (Å²) in [6, 6.07) is 11.1. The summed E-state index contributed by atoms with van der Waals surface area (Å²) in [6.45, 7) is 0.301. The van der Waals surface area contributed by atoms with Gasteiger partial charge in [0.25, 0.3) is 0 Å². The molecule has 3 rings (SSSR count). The maximum atomic E-state index is 9.62. The monoisotopic (exact) mass is 359 g/mol. The second kappa shape index (κ2) is 7.17. The number of aromatic hydroxyl groups is 1. The molecule has 0 aromatic heterocycles. The van der Waals surface area contributed by atoms with Crippen LogP contribution in [0.4, 0.5) is 0 Å². The van der Waals surface area contributed by atoms with Crippen LogP contribution in [0, 0.1) is 11.3 Å². The van der Waals surface area contributed by atoms with Gasteiger partial charge in [-0.05, 0) is 53.3 Å². The highest BCUT2D eigenvalue weighted by Crippen LogP contribution is 2.41. The summed E-state index contributed by atoms with van der Waals surface area (Å²) >= 11 is 12.1. The Morgan fingerprint density at radius 2 is 2.00 bits per heavy atom. The molecule has 0 spiro atoms. The van der Waals surface area contributed by atoms with Gasteiger partial charge in [-0.1, -0.05) is 29.8 Å². The molecule has 24 heavy (non-hydrogen) atoms. The van der Waals surface area contributed by atoms with E-state index in [0.29, 0.717) is 28.8 Å². The van der Waals surface area contributed by atoms with E-state index in [-0.39, 0.29) is 5.75 Å². The molecule has 0 amide bonds. The van der Waals surface area contributed by atoms with Crippen molar-refractivity contribution in [2.75, 3.05) is 12.5 Å². The maximum absolute atomic E-state index is 9.62. The number of nitrogens with zero attached hydrogens (tertiary/aromatic N) is 1. The quantitative estimate of drug-likeness (QED) is 0.788. The first-order valence-corrected chi connectivity index (χ1v) is 8.51. The molecule has 0 fully saturated rings. The van der Waals surface area contributed by atoms with E-state index in [1.54, 1.807) is 12.1 Å². The molecule has 0 radical (unpaired) electrons. The van der Waals surface area contributed by atoms with Gasteiger partial charge in [0.2, 0.25) is 0 Å². The van der Waals surface area contributed by atoms with E-state index >= 15 is 0 Å². The maximum Gasteiger partial charge on any atom is 0.156 e. The van der Waals surface area contributed by atoms with Gasteiger partial charge in [-0.25, -0.2) is 0 Å². The van der Waals surface area contributed by atoms with E-state index in [4.69, 9.17) is 27.9 Å². The Bertz CT molecular complexity index is 836. The molecule has 1 N–H and O–H groups in total. The molecule has 1 aliphatic carbocycles. The van der Waals surface area contributed by atoms with Gasteiger partial charge in [0, 0.05) is 0 Å². The minimum atomic E-state index is 0.218. The number of ether oxygens (including phenoxy) is 1. The number of rotatable bonds is 4. The molecule has 2 aromatic rings. The minimum Gasteiger partial charge on any atom is -0.508 e. The van der Waals surface area contributed by atoms with Crippen molar-refractivity contribution in [3.63, 3.8) is 0 Å². The molecule has 1 aliphatic rings. The molecule has 0 heterocycles. The lowest BCUT2D eigenvalue weighted by molar-refractivity contribution is 0.341. The van der Waals surface area contributed by atoms with Crippen molar-refractivity contribution in [2.24, 2.45) is 0 Å². The molecule has 0 atom stereocenters. The SMILES string of the molecule is N#Cc1c2c(cc(Cl)c1OCCCl)C(c1ccc(O)cc1)=CCC2. The molecule has 3 nitrogen and oxygen atoms in total. The van der Waals surface area contributed by atoms with Gasteiger partial charge in [0.15, 0.2) is 5.75 Å². The molecule has 0 bridgehead atoms. The molecule has 0 saturated carbocycles. The zero-order valence-corrected chi connectivity index (χ0v) is 14.4. The second-order valence-electron chi connectivity index (χ2n) is 5.44. The topological polar surface area (TPSA) is 53.2 Å². The number of halogens is 2. The summed E-state index contributed by atoms with van der Waals surface area (Å²) in [4.78, 5) is 0. The van der Waals surface area contributed by atoms with Gasteiger partial charge >= 0.3 is 0 Å². The van der Waals surface area contributed by atoms with Crippen molar-refractivity contribution in [1.82, 2.24) is 0 Å². The number of phenols is 1. The zero-order chi connectivity index (χ0) is 17.1. The number of nitriles is 1. The van der Waals surface area contributed by atoms with E-state index in [0.717, 1.165) is 35.1 Å². The smallest absolute Gasteiger partial charge is 0.156 e. The normalized spacial score (nSPS) is 13.0. The van der Waals surface area contributed by atoms with Crippen molar-refractivity contribution >= 4 is 28.8 Å². The largest absolute Gasteiger partial charge is 0.508 e. The highest BCUT2D eigenvalue weighted by atomic mass is 35.5. The number of allylic oxidation sites excluding steroid dienone is 1. The van der Waals surface area contributed by atoms with Gasteiger partial charge in [-0.3, -0.25) is 0 Å². The fourth-order valence-corrected chi connectivity index (χ4v) is 3.29. The molecule has 2 aromatic carbocycles. The summed E-state index contributed by atoms with van der Waals surface area (Å²) in [7, 11) is 0. The van der Waals surface area contributed by atoms with Crippen molar-refractivity contribution in [2.45, 2.75) is 12.8 Å². The molecule has 122 valence electrons. The molecule has 5 heteroatoms. The van der Waals surface area contributed by atoms with Gasteiger partial charge < -0.3 is 9.84 Å². The number of hydrogen-bond donors (Lipinski definition) is 1. The van der Waals surface area contributed by atoms with Crippen molar-refractivity contribution in [3.05, 3.63) is 63.7 Å². The van der Waals surface area contributed by atoms with Gasteiger partial charge in [0.1, 0.15) is 18.4 Å². The molecule has 0 aliphatic heterocycles. The first-order chi connectivity index (χ1) is 11.7. The first kappa shape index (κ1) is 16.7. The third-order valence-corrected chi connectivity index (χ3v) is 4.42. The number of phenolic OH excluding ortho intramolecular Hbond substituents is 1. The standard InChI is InChI=1S/C19H15Cl2NO2/c20-8-9-24-19-17(11-22)15-3-1-2-14(16(15)10-18(19)21)12-4-6-13(23)7-5-12/h2,4-7,10,23H,1,3,8-9H2. The highest BCUT2D eigenvalue weighted by Gasteiger charge is 2.23.